The molecule has 2 rings (SSSR count). The molecule has 0 bridgehead atoms. The minimum Gasteiger partial charge on any atom is -0.379 e. The quantitative estimate of drug-likeness (QED) is 0.833. The van der Waals surface area contributed by atoms with E-state index in [9.17, 15) is 9.59 Å². The third kappa shape index (κ3) is 5.65. The summed E-state index contributed by atoms with van der Waals surface area (Å²) in [6, 6.07) is 7.14. The molecular weight excluding hydrogens is 294 g/mol. The summed E-state index contributed by atoms with van der Waals surface area (Å²) in [5.74, 6) is -0.199. The Hall–Kier alpha value is -1.92. The molecule has 1 heterocycles. The van der Waals surface area contributed by atoms with Gasteiger partial charge < -0.3 is 15.4 Å². The van der Waals surface area contributed by atoms with Crippen molar-refractivity contribution in [2.75, 3.05) is 38.2 Å². The van der Waals surface area contributed by atoms with E-state index >= 15 is 0 Å². The zero-order valence-electron chi connectivity index (χ0n) is 13.8. The molecule has 2 N–H and O–H groups in total. The fourth-order valence-electron chi connectivity index (χ4n) is 2.31. The number of carbonyl (C=O) groups is 2. The molecule has 0 radical (unpaired) electrons. The Labute approximate surface area is 137 Å². The van der Waals surface area contributed by atoms with E-state index in [4.69, 9.17) is 4.74 Å². The highest BCUT2D eigenvalue weighted by Crippen LogP contribution is 2.11. The van der Waals surface area contributed by atoms with E-state index in [0.29, 0.717) is 31.0 Å². The first kappa shape index (κ1) is 17.4. The average Bonchev–Trinajstić information content (AvgIpc) is 2.55. The lowest BCUT2D eigenvalue weighted by Gasteiger charge is -2.25. The van der Waals surface area contributed by atoms with Crippen LogP contribution in [0.2, 0.25) is 0 Å². The van der Waals surface area contributed by atoms with Crippen LogP contribution < -0.4 is 10.6 Å². The Bertz CT molecular complexity index is 542. The Kier molecular flexibility index (Phi) is 6.55. The number of hydrogen-bond acceptors (Lipinski definition) is 4. The summed E-state index contributed by atoms with van der Waals surface area (Å²) in [6.45, 7) is 7.19. The maximum Gasteiger partial charge on any atom is 0.251 e. The van der Waals surface area contributed by atoms with Crippen molar-refractivity contribution >= 4 is 17.5 Å². The summed E-state index contributed by atoms with van der Waals surface area (Å²) in [4.78, 5) is 26.3. The van der Waals surface area contributed by atoms with Gasteiger partial charge in [0, 0.05) is 30.4 Å². The van der Waals surface area contributed by atoms with Gasteiger partial charge in [0.15, 0.2) is 0 Å². The molecule has 6 nitrogen and oxygen atoms in total. The number of amides is 2. The molecule has 0 spiro atoms. The summed E-state index contributed by atoms with van der Waals surface area (Å²) >= 11 is 0. The third-order valence-corrected chi connectivity index (χ3v) is 3.87. The van der Waals surface area contributed by atoms with E-state index in [2.05, 4.69) is 15.5 Å². The fourth-order valence-corrected chi connectivity index (χ4v) is 2.31. The first-order chi connectivity index (χ1) is 11.1. The maximum absolute atomic E-state index is 12.1. The molecule has 1 unspecified atom stereocenters. The van der Waals surface area contributed by atoms with Gasteiger partial charge in [-0.05, 0) is 31.5 Å². The number of nitrogens with zero attached hydrogens (tertiary/aromatic N) is 1. The SMILES string of the molecule is CCC(C)NC(=O)c1cccc(NC(=O)CN2CCOCC2)c1. The largest absolute Gasteiger partial charge is 0.379 e. The highest BCUT2D eigenvalue weighted by atomic mass is 16.5. The van der Waals surface area contributed by atoms with Crippen LogP contribution in [0.15, 0.2) is 24.3 Å². The van der Waals surface area contributed by atoms with Gasteiger partial charge >= 0.3 is 0 Å². The van der Waals surface area contributed by atoms with Crippen LogP contribution in [0.1, 0.15) is 30.6 Å². The third-order valence-electron chi connectivity index (χ3n) is 3.87. The Morgan fingerprint density at radius 1 is 1.30 bits per heavy atom. The van der Waals surface area contributed by atoms with Crippen LogP contribution in [0.25, 0.3) is 0 Å². The van der Waals surface area contributed by atoms with Gasteiger partial charge in [0.2, 0.25) is 5.91 Å². The second-order valence-corrected chi connectivity index (χ2v) is 5.80. The van der Waals surface area contributed by atoms with Gasteiger partial charge in [-0.3, -0.25) is 14.5 Å². The first-order valence-corrected chi connectivity index (χ1v) is 8.09. The average molecular weight is 319 g/mol. The van der Waals surface area contributed by atoms with Gasteiger partial charge in [-0.2, -0.15) is 0 Å². The molecule has 0 saturated carbocycles. The normalized spacial score (nSPS) is 16.6. The van der Waals surface area contributed by atoms with Crippen LogP contribution >= 0.6 is 0 Å². The minimum atomic E-state index is -0.122. The fraction of sp³-hybridized carbons (Fsp3) is 0.529. The van der Waals surface area contributed by atoms with Crippen LogP contribution in [-0.2, 0) is 9.53 Å². The highest BCUT2D eigenvalue weighted by Gasteiger charge is 2.15. The van der Waals surface area contributed by atoms with Crippen molar-refractivity contribution in [1.29, 1.82) is 0 Å². The van der Waals surface area contributed by atoms with Gasteiger partial charge in [-0.1, -0.05) is 13.0 Å². The van der Waals surface area contributed by atoms with Crippen LogP contribution in [-0.4, -0.2) is 55.6 Å². The van der Waals surface area contributed by atoms with Gasteiger partial charge in [0.1, 0.15) is 0 Å². The van der Waals surface area contributed by atoms with Crippen LogP contribution in [0.4, 0.5) is 5.69 Å². The molecule has 23 heavy (non-hydrogen) atoms. The molecule has 1 saturated heterocycles. The molecule has 1 atom stereocenters. The predicted molar refractivity (Wildman–Crippen MR) is 89.5 cm³/mol. The lowest BCUT2D eigenvalue weighted by atomic mass is 10.1. The molecule has 1 aliphatic rings. The number of benzene rings is 1. The number of anilines is 1. The highest BCUT2D eigenvalue weighted by molar-refractivity contribution is 5.97. The topological polar surface area (TPSA) is 70.7 Å². The molecule has 0 aromatic heterocycles. The summed E-state index contributed by atoms with van der Waals surface area (Å²) < 4.78 is 5.26. The van der Waals surface area contributed by atoms with E-state index in [1.54, 1.807) is 24.3 Å². The number of rotatable bonds is 6. The number of carbonyl (C=O) groups excluding carboxylic acids is 2. The zero-order chi connectivity index (χ0) is 16.7. The van der Waals surface area contributed by atoms with Crippen molar-refractivity contribution in [2.45, 2.75) is 26.3 Å². The summed E-state index contributed by atoms with van der Waals surface area (Å²) in [6.07, 6.45) is 0.877. The Balaban J connectivity index is 1.91. The molecule has 1 aliphatic heterocycles. The molecule has 1 fully saturated rings. The van der Waals surface area contributed by atoms with Crippen molar-refractivity contribution in [2.24, 2.45) is 0 Å². The van der Waals surface area contributed by atoms with Crippen molar-refractivity contribution in [3.05, 3.63) is 29.8 Å². The molecule has 0 aliphatic carbocycles. The lowest BCUT2D eigenvalue weighted by Crippen LogP contribution is -2.41. The second-order valence-electron chi connectivity index (χ2n) is 5.80. The molecule has 126 valence electrons. The first-order valence-electron chi connectivity index (χ1n) is 8.09. The van der Waals surface area contributed by atoms with Gasteiger partial charge in [-0.15, -0.1) is 0 Å². The number of morpholine rings is 1. The van der Waals surface area contributed by atoms with Crippen molar-refractivity contribution in [3.63, 3.8) is 0 Å². The predicted octanol–water partition coefficient (Wildman–Crippen LogP) is 1.49. The Morgan fingerprint density at radius 3 is 2.74 bits per heavy atom. The number of nitrogens with one attached hydrogen (secondary N) is 2. The minimum absolute atomic E-state index is 0.0774. The van der Waals surface area contributed by atoms with Crippen LogP contribution in [0, 0.1) is 0 Å². The summed E-state index contributed by atoms with van der Waals surface area (Å²) in [7, 11) is 0. The van der Waals surface area contributed by atoms with Crippen molar-refractivity contribution in [1.82, 2.24) is 10.2 Å². The molecular formula is C17H25N3O3. The Morgan fingerprint density at radius 2 is 2.04 bits per heavy atom. The standard InChI is InChI=1S/C17H25N3O3/c1-3-13(2)18-17(22)14-5-4-6-15(11-14)19-16(21)12-20-7-9-23-10-8-20/h4-6,11,13H,3,7-10,12H2,1-2H3,(H,18,22)(H,19,21). The summed E-state index contributed by atoms with van der Waals surface area (Å²) in [5.41, 5.74) is 1.19. The van der Waals surface area contributed by atoms with Crippen LogP contribution in [0.5, 0.6) is 0 Å². The van der Waals surface area contributed by atoms with E-state index < -0.39 is 0 Å². The van der Waals surface area contributed by atoms with Crippen molar-refractivity contribution in [3.8, 4) is 0 Å². The maximum atomic E-state index is 12.1. The number of ether oxygens (including phenoxy) is 1. The molecule has 1 aromatic carbocycles. The van der Waals surface area contributed by atoms with E-state index in [0.717, 1.165) is 19.5 Å². The summed E-state index contributed by atoms with van der Waals surface area (Å²) in [5, 5.41) is 5.77. The zero-order valence-corrected chi connectivity index (χ0v) is 13.8. The smallest absolute Gasteiger partial charge is 0.251 e. The van der Waals surface area contributed by atoms with Crippen LogP contribution in [0.3, 0.4) is 0 Å². The molecule has 2 amide bonds. The molecule has 1 aromatic rings. The second kappa shape index (κ2) is 8.64. The van der Waals surface area contributed by atoms with Gasteiger partial charge in [0.05, 0.1) is 19.8 Å². The molecule has 6 heteroatoms. The van der Waals surface area contributed by atoms with E-state index in [-0.39, 0.29) is 17.9 Å². The van der Waals surface area contributed by atoms with Gasteiger partial charge in [-0.25, -0.2) is 0 Å². The van der Waals surface area contributed by atoms with Crippen molar-refractivity contribution < 1.29 is 14.3 Å². The van der Waals surface area contributed by atoms with Gasteiger partial charge in [0.25, 0.3) is 5.91 Å². The van der Waals surface area contributed by atoms with E-state index in [1.165, 1.54) is 0 Å². The monoisotopic (exact) mass is 319 g/mol. The lowest BCUT2D eigenvalue weighted by molar-refractivity contribution is -0.118. The number of hydrogen-bond donors (Lipinski definition) is 2. The van der Waals surface area contributed by atoms with E-state index in [1.807, 2.05) is 13.8 Å².